The van der Waals surface area contributed by atoms with Gasteiger partial charge in [-0.2, -0.15) is 11.8 Å². The molecule has 2 aliphatic heterocycles. The Hall–Kier alpha value is -1.50. The molecule has 1 N–H and O–H groups in total. The molecule has 2 aliphatic rings. The molecule has 2 saturated heterocycles. The minimum atomic E-state index is 0.165. The van der Waals surface area contributed by atoms with Crippen LogP contribution in [0.4, 0.5) is 0 Å². The molecule has 1 atom stereocenters. The summed E-state index contributed by atoms with van der Waals surface area (Å²) < 4.78 is 5.46. The number of H-pyrrole nitrogens is 1. The highest BCUT2D eigenvalue weighted by Crippen LogP contribution is 2.24. The minimum absolute atomic E-state index is 0.165. The number of hydrogen-bond donors (Lipinski definition) is 1. The van der Waals surface area contributed by atoms with Crippen LogP contribution in [-0.2, 0) is 4.74 Å². The van der Waals surface area contributed by atoms with Gasteiger partial charge in [-0.3, -0.25) is 9.69 Å². The zero-order valence-corrected chi connectivity index (χ0v) is 15.3. The van der Waals surface area contributed by atoms with Crippen molar-refractivity contribution in [2.45, 2.75) is 12.5 Å². The summed E-state index contributed by atoms with van der Waals surface area (Å²) in [6, 6.07) is 8.32. The molecule has 2 fully saturated rings. The average molecular weight is 359 g/mol. The van der Waals surface area contributed by atoms with Gasteiger partial charge >= 0.3 is 0 Å². The highest BCUT2D eigenvalue weighted by atomic mass is 32.2. The summed E-state index contributed by atoms with van der Waals surface area (Å²) in [6.45, 7) is 5.34. The fourth-order valence-electron chi connectivity index (χ4n) is 3.73. The van der Waals surface area contributed by atoms with Crippen LogP contribution in [0.1, 0.15) is 16.8 Å². The van der Waals surface area contributed by atoms with E-state index in [9.17, 15) is 4.79 Å². The zero-order chi connectivity index (χ0) is 17.1. The Morgan fingerprint density at radius 3 is 2.96 bits per heavy atom. The van der Waals surface area contributed by atoms with Crippen LogP contribution in [0.25, 0.3) is 10.9 Å². The second-order valence-corrected chi connectivity index (χ2v) is 7.89. The Morgan fingerprint density at radius 1 is 1.24 bits per heavy atom. The number of nitrogens with one attached hydrogen (secondary N) is 1. The molecule has 1 unspecified atom stereocenters. The van der Waals surface area contributed by atoms with Crippen LogP contribution < -0.4 is 0 Å². The molecule has 2 aromatic rings. The first-order chi connectivity index (χ1) is 12.3. The Labute approximate surface area is 152 Å². The number of rotatable bonds is 3. The maximum Gasteiger partial charge on any atom is 0.256 e. The van der Waals surface area contributed by atoms with E-state index >= 15 is 0 Å². The number of para-hydroxylation sites is 1. The molecule has 1 amide bonds. The summed E-state index contributed by atoms with van der Waals surface area (Å²) in [6.07, 6.45) is 2.94. The lowest BCUT2D eigenvalue weighted by Crippen LogP contribution is -2.50. The van der Waals surface area contributed by atoms with Crippen LogP contribution in [0.2, 0.25) is 0 Å². The van der Waals surface area contributed by atoms with Gasteiger partial charge in [-0.25, -0.2) is 0 Å². The molecule has 0 saturated carbocycles. The predicted octanol–water partition coefficient (Wildman–Crippen LogP) is 2.45. The smallest absolute Gasteiger partial charge is 0.256 e. The second-order valence-electron chi connectivity index (χ2n) is 6.74. The number of aromatic nitrogens is 1. The number of carbonyl (C=O) groups excluding carboxylic acids is 1. The average Bonchev–Trinajstić information content (AvgIpc) is 2.95. The van der Waals surface area contributed by atoms with E-state index in [0.29, 0.717) is 0 Å². The summed E-state index contributed by atoms with van der Waals surface area (Å²) in [7, 11) is 0. The summed E-state index contributed by atoms with van der Waals surface area (Å²) in [5.41, 5.74) is 1.83. The van der Waals surface area contributed by atoms with Crippen molar-refractivity contribution in [3.8, 4) is 0 Å². The van der Waals surface area contributed by atoms with E-state index in [-0.39, 0.29) is 11.9 Å². The van der Waals surface area contributed by atoms with E-state index in [2.05, 4.69) is 14.8 Å². The molecular formula is C19H25N3O2S. The maximum absolute atomic E-state index is 13.3. The van der Waals surface area contributed by atoms with Gasteiger partial charge in [-0.15, -0.1) is 0 Å². The number of amides is 1. The molecule has 3 heterocycles. The number of nitrogens with zero attached hydrogens (tertiary/aromatic N) is 2. The number of fused-ring (bicyclic) bond motifs is 1. The highest BCUT2D eigenvalue weighted by Gasteiger charge is 2.29. The van der Waals surface area contributed by atoms with Gasteiger partial charge in [0.25, 0.3) is 5.91 Å². The van der Waals surface area contributed by atoms with E-state index < -0.39 is 0 Å². The molecule has 1 aromatic carbocycles. The summed E-state index contributed by atoms with van der Waals surface area (Å²) in [5.74, 6) is 2.32. The summed E-state index contributed by atoms with van der Waals surface area (Å²) in [5, 5.41) is 1.02. The lowest BCUT2D eigenvalue weighted by molar-refractivity contribution is 0.0245. The SMILES string of the molecule is O=C(c1c[nH]c2ccccc12)N1CCCSCC1CN1CCOCC1. The van der Waals surface area contributed by atoms with Crippen molar-refractivity contribution in [3.63, 3.8) is 0 Å². The van der Waals surface area contributed by atoms with Crippen LogP contribution in [0.3, 0.4) is 0 Å². The molecule has 1 aromatic heterocycles. The summed E-state index contributed by atoms with van der Waals surface area (Å²) >= 11 is 1.97. The molecule has 0 spiro atoms. The van der Waals surface area contributed by atoms with Gasteiger partial charge in [-0.1, -0.05) is 18.2 Å². The lowest BCUT2D eigenvalue weighted by Gasteiger charge is -2.35. The lowest BCUT2D eigenvalue weighted by atomic mass is 10.1. The Morgan fingerprint density at radius 2 is 2.08 bits per heavy atom. The predicted molar refractivity (Wildman–Crippen MR) is 102 cm³/mol. The molecule has 0 aliphatic carbocycles. The largest absolute Gasteiger partial charge is 0.379 e. The first kappa shape index (κ1) is 16.9. The number of ether oxygens (including phenoxy) is 1. The van der Waals surface area contributed by atoms with Crippen molar-refractivity contribution in [2.24, 2.45) is 0 Å². The maximum atomic E-state index is 13.3. The molecule has 0 radical (unpaired) electrons. The van der Waals surface area contributed by atoms with Crippen molar-refractivity contribution >= 4 is 28.6 Å². The van der Waals surface area contributed by atoms with Crippen molar-refractivity contribution < 1.29 is 9.53 Å². The monoisotopic (exact) mass is 359 g/mol. The number of hydrogen-bond acceptors (Lipinski definition) is 4. The fraction of sp³-hybridized carbons (Fsp3) is 0.526. The van der Waals surface area contributed by atoms with Crippen LogP contribution in [0, 0.1) is 0 Å². The fourth-order valence-corrected chi connectivity index (χ4v) is 4.79. The molecular weight excluding hydrogens is 334 g/mol. The van der Waals surface area contributed by atoms with Crippen molar-refractivity contribution in [1.29, 1.82) is 0 Å². The van der Waals surface area contributed by atoms with E-state index in [0.717, 1.165) is 73.8 Å². The Kier molecular flexibility index (Phi) is 5.29. The molecule has 6 heteroatoms. The quantitative estimate of drug-likeness (QED) is 0.915. The van der Waals surface area contributed by atoms with Gasteiger partial charge in [-0.05, 0) is 18.2 Å². The first-order valence-electron chi connectivity index (χ1n) is 9.08. The van der Waals surface area contributed by atoms with Crippen molar-refractivity contribution in [3.05, 3.63) is 36.0 Å². The first-order valence-corrected chi connectivity index (χ1v) is 10.2. The molecule has 134 valence electrons. The summed E-state index contributed by atoms with van der Waals surface area (Å²) in [4.78, 5) is 21.1. The van der Waals surface area contributed by atoms with E-state index in [1.54, 1.807) is 0 Å². The van der Waals surface area contributed by atoms with E-state index in [4.69, 9.17) is 4.74 Å². The van der Waals surface area contributed by atoms with Gasteiger partial charge < -0.3 is 14.6 Å². The number of morpholine rings is 1. The van der Waals surface area contributed by atoms with E-state index in [1.807, 2.05) is 42.2 Å². The Bertz CT molecular complexity index is 726. The standard InChI is InChI=1S/C19H25N3O2S/c23-19(17-12-20-18-5-2-1-4-16(17)18)22-6-3-11-25-14-15(22)13-21-7-9-24-10-8-21/h1-2,4-5,12,15,20H,3,6-11,13-14H2. The Balaban J connectivity index is 1.56. The number of thioether (sulfide) groups is 1. The van der Waals surface area contributed by atoms with E-state index in [1.165, 1.54) is 0 Å². The van der Waals surface area contributed by atoms with Crippen molar-refractivity contribution in [1.82, 2.24) is 14.8 Å². The van der Waals surface area contributed by atoms with Gasteiger partial charge in [0, 0.05) is 49.0 Å². The van der Waals surface area contributed by atoms with Crippen LogP contribution in [-0.4, -0.2) is 77.6 Å². The third kappa shape index (κ3) is 3.71. The van der Waals surface area contributed by atoms with Crippen LogP contribution >= 0.6 is 11.8 Å². The molecule has 5 nitrogen and oxygen atoms in total. The topological polar surface area (TPSA) is 48.6 Å². The molecule has 4 rings (SSSR count). The van der Waals surface area contributed by atoms with Gasteiger partial charge in [0.1, 0.15) is 0 Å². The van der Waals surface area contributed by atoms with Gasteiger partial charge in [0.15, 0.2) is 0 Å². The van der Waals surface area contributed by atoms with Crippen LogP contribution in [0.15, 0.2) is 30.5 Å². The normalized spacial score (nSPS) is 22.9. The van der Waals surface area contributed by atoms with Crippen LogP contribution in [0.5, 0.6) is 0 Å². The minimum Gasteiger partial charge on any atom is -0.379 e. The third-order valence-corrected chi connectivity index (χ3v) is 6.29. The van der Waals surface area contributed by atoms with Gasteiger partial charge in [0.2, 0.25) is 0 Å². The van der Waals surface area contributed by atoms with Crippen molar-refractivity contribution in [2.75, 3.05) is 50.9 Å². The molecule has 25 heavy (non-hydrogen) atoms. The number of carbonyl (C=O) groups is 1. The second kappa shape index (κ2) is 7.81. The zero-order valence-electron chi connectivity index (χ0n) is 14.4. The number of benzene rings is 1. The molecule has 0 bridgehead atoms. The third-order valence-electron chi connectivity index (χ3n) is 5.09. The highest BCUT2D eigenvalue weighted by molar-refractivity contribution is 7.99. The number of aromatic amines is 1. The van der Waals surface area contributed by atoms with Gasteiger partial charge in [0.05, 0.1) is 24.8 Å².